The fraction of sp³-hybridized carbons (Fsp3) is 0.500. The van der Waals surface area contributed by atoms with Gasteiger partial charge in [-0.1, -0.05) is 18.3 Å². The minimum absolute atomic E-state index is 0.188. The molecule has 0 spiro atoms. The summed E-state index contributed by atoms with van der Waals surface area (Å²) in [5.74, 6) is 1.68. The molecule has 1 aliphatic carbocycles. The molecule has 1 fully saturated rings. The first-order valence-electron chi connectivity index (χ1n) is 6.27. The van der Waals surface area contributed by atoms with Crippen molar-refractivity contribution in [2.45, 2.75) is 26.2 Å². The van der Waals surface area contributed by atoms with Crippen molar-refractivity contribution in [3.05, 3.63) is 24.3 Å². The van der Waals surface area contributed by atoms with E-state index < -0.39 is 0 Å². The normalized spacial score (nSPS) is 16.1. The summed E-state index contributed by atoms with van der Waals surface area (Å²) in [5.41, 5.74) is 5.80. The number of rotatable bonds is 7. The van der Waals surface area contributed by atoms with Crippen molar-refractivity contribution < 1.29 is 9.47 Å². The van der Waals surface area contributed by atoms with Gasteiger partial charge in [-0.15, -0.1) is 0 Å². The van der Waals surface area contributed by atoms with E-state index in [9.17, 15) is 0 Å². The molecule has 0 bridgehead atoms. The zero-order valence-electron chi connectivity index (χ0n) is 10.6. The Balaban J connectivity index is 1.90. The SMILES string of the molecule is CCOc1cccc(OCC2(CC(N)=S)CC2)c1. The molecule has 18 heavy (non-hydrogen) atoms. The van der Waals surface area contributed by atoms with Crippen LogP contribution in [-0.4, -0.2) is 18.2 Å². The maximum Gasteiger partial charge on any atom is 0.123 e. The molecule has 0 aliphatic heterocycles. The van der Waals surface area contributed by atoms with Crippen LogP contribution in [0, 0.1) is 5.41 Å². The molecule has 2 N–H and O–H groups in total. The number of ether oxygens (including phenoxy) is 2. The predicted molar refractivity (Wildman–Crippen MR) is 76.2 cm³/mol. The van der Waals surface area contributed by atoms with Gasteiger partial charge < -0.3 is 15.2 Å². The van der Waals surface area contributed by atoms with Crippen molar-refractivity contribution in [2.75, 3.05) is 13.2 Å². The lowest BCUT2D eigenvalue weighted by molar-refractivity contribution is 0.237. The van der Waals surface area contributed by atoms with Crippen LogP contribution in [0.15, 0.2) is 24.3 Å². The Hall–Kier alpha value is -1.29. The van der Waals surface area contributed by atoms with Gasteiger partial charge in [-0.05, 0) is 31.9 Å². The third-order valence-corrected chi connectivity index (χ3v) is 3.31. The molecular formula is C14H19NO2S. The standard InChI is InChI=1S/C14H19NO2S/c1-2-16-11-4-3-5-12(8-11)17-10-14(6-7-14)9-13(15)18/h3-5,8H,2,6-7,9-10H2,1H3,(H2,15,18). The molecule has 0 atom stereocenters. The smallest absolute Gasteiger partial charge is 0.123 e. The lowest BCUT2D eigenvalue weighted by Crippen LogP contribution is -2.21. The molecule has 1 saturated carbocycles. The highest BCUT2D eigenvalue weighted by Gasteiger charge is 2.43. The van der Waals surface area contributed by atoms with Gasteiger partial charge in [0, 0.05) is 17.9 Å². The summed E-state index contributed by atoms with van der Waals surface area (Å²) in [6, 6.07) is 7.73. The van der Waals surface area contributed by atoms with E-state index in [0.717, 1.165) is 30.8 Å². The maximum absolute atomic E-state index is 5.83. The van der Waals surface area contributed by atoms with Crippen molar-refractivity contribution >= 4 is 17.2 Å². The summed E-state index contributed by atoms with van der Waals surface area (Å²) >= 11 is 4.97. The maximum atomic E-state index is 5.83. The van der Waals surface area contributed by atoms with Crippen LogP contribution in [0.3, 0.4) is 0 Å². The fourth-order valence-corrected chi connectivity index (χ4v) is 2.28. The molecule has 1 aliphatic rings. The highest BCUT2D eigenvalue weighted by atomic mass is 32.1. The van der Waals surface area contributed by atoms with Gasteiger partial charge in [0.05, 0.1) is 18.2 Å². The van der Waals surface area contributed by atoms with E-state index in [1.807, 2.05) is 31.2 Å². The number of hydrogen-bond acceptors (Lipinski definition) is 3. The third kappa shape index (κ3) is 3.60. The van der Waals surface area contributed by atoms with E-state index in [1.165, 1.54) is 0 Å². The first-order chi connectivity index (χ1) is 8.63. The van der Waals surface area contributed by atoms with Crippen LogP contribution < -0.4 is 15.2 Å². The molecule has 0 radical (unpaired) electrons. The molecule has 0 heterocycles. The highest BCUT2D eigenvalue weighted by molar-refractivity contribution is 7.80. The van der Waals surface area contributed by atoms with Crippen LogP contribution in [0.1, 0.15) is 26.2 Å². The van der Waals surface area contributed by atoms with Gasteiger partial charge in [-0.3, -0.25) is 0 Å². The van der Waals surface area contributed by atoms with E-state index in [1.54, 1.807) is 0 Å². The van der Waals surface area contributed by atoms with Gasteiger partial charge in [0.15, 0.2) is 0 Å². The molecular weight excluding hydrogens is 246 g/mol. The van der Waals surface area contributed by atoms with Gasteiger partial charge in [0.25, 0.3) is 0 Å². The van der Waals surface area contributed by atoms with Crippen LogP contribution in [0.5, 0.6) is 11.5 Å². The monoisotopic (exact) mass is 265 g/mol. The van der Waals surface area contributed by atoms with Crippen molar-refractivity contribution in [1.29, 1.82) is 0 Å². The third-order valence-electron chi connectivity index (χ3n) is 3.17. The minimum Gasteiger partial charge on any atom is -0.494 e. The second-order valence-electron chi connectivity index (χ2n) is 4.84. The van der Waals surface area contributed by atoms with Gasteiger partial charge in [-0.25, -0.2) is 0 Å². The van der Waals surface area contributed by atoms with Crippen LogP contribution in [0.4, 0.5) is 0 Å². The lowest BCUT2D eigenvalue weighted by atomic mass is 10.0. The summed E-state index contributed by atoms with van der Waals surface area (Å²) in [6.07, 6.45) is 3.08. The predicted octanol–water partition coefficient (Wildman–Crippen LogP) is 2.92. The van der Waals surface area contributed by atoms with E-state index in [-0.39, 0.29) is 5.41 Å². The molecule has 0 aromatic heterocycles. The van der Waals surface area contributed by atoms with E-state index >= 15 is 0 Å². The lowest BCUT2D eigenvalue weighted by Gasteiger charge is -2.15. The minimum atomic E-state index is 0.188. The highest BCUT2D eigenvalue weighted by Crippen LogP contribution is 2.49. The van der Waals surface area contributed by atoms with Crippen LogP contribution in [0.25, 0.3) is 0 Å². The topological polar surface area (TPSA) is 44.5 Å². The number of benzene rings is 1. The van der Waals surface area contributed by atoms with Crippen molar-refractivity contribution in [2.24, 2.45) is 11.1 Å². The molecule has 1 aromatic rings. The van der Waals surface area contributed by atoms with Gasteiger partial charge in [-0.2, -0.15) is 0 Å². The molecule has 0 amide bonds. The second-order valence-corrected chi connectivity index (χ2v) is 5.36. The molecule has 4 heteroatoms. The Bertz CT molecular complexity index is 430. The zero-order valence-corrected chi connectivity index (χ0v) is 11.5. The van der Waals surface area contributed by atoms with Crippen molar-refractivity contribution in [1.82, 2.24) is 0 Å². The summed E-state index contributed by atoms with van der Waals surface area (Å²) < 4.78 is 11.3. The molecule has 2 rings (SSSR count). The molecule has 0 unspecified atom stereocenters. The largest absolute Gasteiger partial charge is 0.494 e. The number of hydrogen-bond donors (Lipinski definition) is 1. The molecule has 1 aromatic carbocycles. The molecule has 98 valence electrons. The summed E-state index contributed by atoms with van der Waals surface area (Å²) in [4.78, 5) is 0.583. The summed E-state index contributed by atoms with van der Waals surface area (Å²) in [6.45, 7) is 3.31. The van der Waals surface area contributed by atoms with E-state index in [4.69, 9.17) is 27.4 Å². The van der Waals surface area contributed by atoms with Crippen LogP contribution in [-0.2, 0) is 0 Å². The van der Waals surface area contributed by atoms with Gasteiger partial charge in [0.2, 0.25) is 0 Å². The van der Waals surface area contributed by atoms with Gasteiger partial charge >= 0.3 is 0 Å². The summed E-state index contributed by atoms with van der Waals surface area (Å²) in [7, 11) is 0. The Morgan fingerprint density at radius 1 is 1.33 bits per heavy atom. The fourth-order valence-electron chi connectivity index (χ4n) is 1.98. The zero-order chi connectivity index (χ0) is 13.0. The summed E-state index contributed by atoms with van der Waals surface area (Å²) in [5, 5.41) is 0. The number of nitrogens with two attached hydrogens (primary N) is 1. The molecule has 0 saturated heterocycles. The second kappa shape index (κ2) is 5.57. The average Bonchev–Trinajstić information content (AvgIpc) is 3.07. The van der Waals surface area contributed by atoms with Crippen molar-refractivity contribution in [3.8, 4) is 11.5 Å². The Labute approximate surface area is 113 Å². The Morgan fingerprint density at radius 2 is 2.00 bits per heavy atom. The van der Waals surface area contributed by atoms with Crippen LogP contribution >= 0.6 is 12.2 Å². The van der Waals surface area contributed by atoms with Crippen molar-refractivity contribution in [3.63, 3.8) is 0 Å². The number of thiocarbonyl (C=S) groups is 1. The Kier molecular flexibility index (Phi) is 4.07. The Morgan fingerprint density at radius 3 is 2.56 bits per heavy atom. The first kappa shape index (κ1) is 13.1. The average molecular weight is 265 g/mol. The quantitative estimate of drug-likeness (QED) is 0.770. The van der Waals surface area contributed by atoms with E-state index in [0.29, 0.717) is 18.2 Å². The van der Waals surface area contributed by atoms with Gasteiger partial charge in [0.1, 0.15) is 11.5 Å². The molecule has 3 nitrogen and oxygen atoms in total. The van der Waals surface area contributed by atoms with E-state index in [2.05, 4.69) is 0 Å². The van der Waals surface area contributed by atoms with Crippen LogP contribution in [0.2, 0.25) is 0 Å². The first-order valence-corrected chi connectivity index (χ1v) is 6.68.